The Morgan fingerprint density at radius 3 is 2.50 bits per heavy atom. The molecule has 0 radical (unpaired) electrons. The SMILES string of the molecule is CC(NC1COC1)C(=O)N(C)C. The molecule has 1 aliphatic heterocycles. The smallest absolute Gasteiger partial charge is 0.238 e. The van der Waals surface area contributed by atoms with E-state index in [2.05, 4.69) is 5.32 Å². The van der Waals surface area contributed by atoms with Gasteiger partial charge in [0.15, 0.2) is 0 Å². The van der Waals surface area contributed by atoms with Crippen molar-refractivity contribution in [2.24, 2.45) is 0 Å². The molecule has 1 fully saturated rings. The van der Waals surface area contributed by atoms with Gasteiger partial charge in [-0.05, 0) is 6.92 Å². The number of ether oxygens (including phenoxy) is 1. The fraction of sp³-hybridized carbons (Fsp3) is 0.875. The normalized spacial score (nSPS) is 19.9. The number of carbonyl (C=O) groups excluding carboxylic acids is 1. The zero-order valence-electron chi connectivity index (χ0n) is 7.83. The molecule has 0 aromatic rings. The van der Waals surface area contributed by atoms with E-state index in [0.29, 0.717) is 6.04 Å². The van der Waals surface area contributed by atoms with E-state index in [4.69, 9.17) is 4.74 Å². The maximum atomic E-state index is 11.3. The first kappa shape index (κ1) is 9.48. The van der Waals surface area contributed by atoms with Gasteiger partial charge in [0.25, 0.3) is 0 Å². The van der Waals surface area contributed by atoms with Crippen LogP contribution >= 0.6 is 0 Å². The van der Waals surface area contributed by atoms with Crippen LogP contribution in [0.3, 0.4) is 0 Å². The molecule has 0 saturated carbocycles. The summed E-state index contributed by atoms with van der Waals surface area (Å²) >= 11 is 0. The lowest BCUT2D eigenvalue weighted by atomic mass is 10.2. The summed E-state index contributed by atoms with van der Waals surface area (Å²) in [5.74, 6) is 0.113. The van der Waals surface area contributed by atoms with Gasteiger partial charge in [0, 0.05) is 14.1 Å². The Morgan fingerprint density at radius 2 is 2.17 bits per heavy atom. The lowest BCUT2D eigenvalue weighted by Crippen LogP contribution is -2.53. The van der Waals surface area contributed by atoms with Crippen LogP contribution < -0.4 is 5.32 Å². The van der Waals surface area contributed by atoms with Gasteiger partial charge in [0.05, 0.1) is 25.3 Å². The predicted molar refractivity (Wildman–Crippen MR) is 45.9 cm³/mol. The maximum absolute atomic E-state index is 11.3. The molecular formula is C8H16N2O2. The molecule has 0 aromatic carbocycles. The van der Waals surface area contributed by atoms with E-state index in [-0.39, 0.29) is 11.9 Å². The molecule has 0 bridgehead atoms. The minimum absolute atomic E-state index is 0.103. The maximum Gasteiger partial charge on any atom is 0.238 e. The summed E-state index contributed by atoms with van der Waals surface area (Å²) in [6.45, 7) is 3.33. The fourth-order valence-corrected chi connectivity index (χ4v) is 1.14. The zero-order chi connectivity index (χ0) is 9.14. The Labute approximate surface area is 72.9 Å². The predicted octanol–water partition coefficient (Wildman–Crippen LogP) is -0.548. The van der Waals surface area contributed by atoms with E-state index in [1.807, 2.05) is 6.92 Å². The van der Waals surface area contributed by atoms with E-state index in [9.17, 15) is 4.79 Å². The molecule has 1 atom stereocenters. The number of hydrogen-bond acceptors (Lipinski definition) is 3. The molecule has 4 heteroatoms. The number of carbonyl (C=O) groups is 1. The van der Waals surface area contributed by atoms with Crippen LogP contribution in [0.15, 0.2) is 0 Å². The number of amides is 1. The summed E-state index contributed by atoms with van der Waals surface area (Å²) in [4.78, 5) is 12.9. The van der Waals surface area contributed by atoms with E-state index in [1.54, 1.807) is 19.0 Å². The molecule has 1 saturated heterocycles. The fourth-order valence-electron chi connectivity index (χ4n) is 1.14. The Morgan fingerprint density at radius 1 is 1.58 bits per heavy atom. The molecule has 0 spiro atoms. The zero-order valence-corrected chi connectivity index (χ0v) is 7.83. The van der Waals surface area contributed by atoms with Crippen LogP contribution in [0.25, 0.3) is 0 Å². The lowest BCUT2D eigenvalue weighted by Gasteiger charge is -2.30. The summed E-state index contributed by atoms with van der Waals surface area (Å²) in [7, 11) is 3.52. The summed E-state index contributed by atoms with van der Waals surface area (Å²) in [6, 6.07) is 0.262. The van der Waals surface area contributed by atoms with Gasteiger partial charge in [-0.25, -0.2) is 0 Å². The van der Waals surface area contributed by atoms with Gasteiger partial charge >= 0.3 is 0 Å². The van der Waals surface area contributed by atoms with Crippen LogP contribution in [0, 0.1) is 0 Å². The van der Waals surface area contributed by atoms with Crippen molar-refractivity contribution in [1.29, 1.82) is 0 Å². The van der Waals surface area contributed by atoms with E-state index in [1.165, 1.54) is 0 Å². The Balaban J connectivity index is 2.26. The highest BCUT2D eigenvalue weighted by Gasteiger charge is 2.23. The van der Waals surface area contributed by atoms with Crippen molar-refractivity contribution in [2.75, 3.05) is 27.3 Å². The summed E-state index contributed by atoms with van der Waals surface area (Å²) in [6.07, 6.45) is 0. The molecule has 12 heavy (non-hydrogen) atoms. The van der Waals surface area contributed by atoms with E-state index < -0.39 is 0 Å². The van der Waals surface area contributed by atoms with Crippen molar-refractivity contribution in [3.05, 3.63) is 0 Å². The highest BCUT2D eigenvalue weighted by molar-refractivity contribution is 5.80. The van der Waals surface area contributed by atoms with E-state index >= 15 is 0 Å². The second kappa shape index (κ2) is 3.87. The van der Waals surface area contributed by atoms with Crippen LogP contribution in [0.5, 0.6) is 0 Å². The average Bonchev–Trinajstić information content (AvgIpc) is 1.94. The molecule has 1 heterocycles. The van der Waals surface area contributed by atoms with Gasteiger partial charge in [-0.15, -0.1) is 0 Å². The topological polar surface area (TPSA) is 41.6 Å². The highest BCUT2D eigenvalue weighted by atomic mass is 16.5. The number of nitrogens with one attached hydrogen (secondary N) is 1. The Kier molecular flexibility index (Phi) is 3.05. The van der Waals surface area contributed by atoms with Gasteiger partial charge in [0.2, 0.25) is 5.91 Å². The second-order valence-electron chi connectivity index (χ2n) is 3.36. The van der Waals surface area contributed by atoms with Gasteiger partial charge in [-0.2, -0.15) is 0 Å². The first-order valence-electron chi connectivity index (χ1n) is 4.16. The van der Waals surface area contributed by atoms with Gasteiger partial charge in [-0.1, -0.05) is 0 Å². The molecule has 1 aliphatic rings. The second-order valence-corrected chi connectivity index (χ2v) is 3.36. The van der Waals surface area contributed by atoms with Crippen LogP contribution in [-0.4, -0.2) is 50.2 Å². The largest absolute Gasteiger partial charge is 0.378 e. The molecule has 4 nitrogen and oxygen atoms in total. The molecule has 70 valence electrons. The molecular weight excluding hydrogens is 156 g/mol. The van der Waals surface area contributed by atoms with Crippen LogP contribution in [0.1, 0.15) is 6.92 Å². The van der Waals surface area contributed by atoms with Crippen LogP contribution in [0.4, 0.5) is 0 Å². The van der Waals surface area contributed by atoms with Gasteiger partial charge < -0.3 is 9.64 Å². The van der Waals surface area contributed by atoms with Crippen molar-refractivity contribution in [2.45, 2.75) is 19.0 Å². The van der Waals surface area contributed by atoms with Crippen LogP contribution in [0.2, 0.25) is 0 Å². The summed E-state index contributed by atoms with van der Waals surface area (Å²) < 4.78 is 4.99. The number of rotatable bonds is 3. The average molecular weight is 172 g/mol. The minimum atomic E-state index is -0.103. The first-order valence-corrected chi connectivity index (χ1v) is 4.16. The summed E-state index contributed by atoms with van der Waals surface area (Å²) in [5, 5.41) is 3.18. The Hall–Kier alpha value is -0.610. The standard InChI is InChI=1S/C8H16N2O2/c1-6(8(11)10(2)3)9-7-4-12-5-7/h6-7,9H,4-5H2,1-3H3. The van der Waals surface area contributed by atoms with Crippen molar-refractivity contribution in [3.63, 3.8) is 0 Å². The number of nitrogens with zero attached hydrogens (tertiary/aromatic N) is 1. The monoisotopic (exact) mass is 172 g/mol. The van der Waals surface area contributed by atoms with Crippen molar-refractivity contribution < 1.29 is 9.53 Å². The third-order valence-corrected chi connectivity index (χ3v) is 1.93. The Bertz CT molecular complexity index is 166. The molecule has 1 rings (SSSR count). The molecule has 1 unspecified atom stereocenters. The molecule has 0 aromatic heterocycles. The van der Waals surface area contributed by atoms with Gasteiger partial charge in [0.1, 0.15) is 0 Å². The minimum Gasteiger partial charge on any atom is -0.378 e. The number of hydrogen-bond donors (Lipinski definition) is 1. The first-order chi connectivity index (χ1) is 5.61. The highest BCUT2D eigenvalue weighted by Crippen LogP contribution is 2.01. The molecule has 1 N–H and O–H groups in total. The van der Waals surface area contributed by atoms with Gasteiger partial charge in [-0.3, -0.25) is 10.1 Å². The van der Waals surface area contributed by atoms with Crippen molar-refractivity contribution >= 4 is 5.91 Å². The third kappa shape index (κ3) is 2.19. The molecule has 0 aliphatic carbocycles. The van der Waals surface area contributed by atoms with E-state index in [0.717, 1.165) is 13.2 Å². The summed E-state index contributed by atoms with van der Waals surface area (Å²) in [5.41, 5.74) is 0. The third-order valence-electron chi connectivity index (χ3n) is 1.93. The molecule has 1 amide bonds. The quantitative estimate of drug-likeness (QED) is 0.621. The van der Waals surface area contributed by atoms with Crippen LogP contribution in [-0.2, 0) is 9.53 Å². The van der Waals surface area contributed by atoms with Crippen molar-refractivity contribution in [1.82, 2.24) is 10.2 Å². The van der Waals surface area contributed by atoms with Crippen molar-refractivity contribution in [3.8, 4) is 0 Å². The lowest BCUT2D eigenvalue weighted by molar-refractivity contribution is -0.131. The number of likely N-dealkylation sites (N-methyl/N-ethyl adjacent to an activating group) is 1.